The predicted molar refractivity (Wildman–Crippen MR) is 109 cm³/mol. The monoisotopic (exact) mass is 410 g/mol. The summed E-state index contributed by atoms with van der Waals surface area (Å²) in [4.78, 5) is 12.1. The first kappa shape index (κ1) is 23.2. The van der Waals surface area contributed by atoms with Crippen molar-refractivity contribution in [2.75, 3.05) is 12.3 Å². The first-order valence-electron chi connectivity index (χ1n) is 9.39. The number of nitrogens with one attached hydrogen (secondary N) is 1. The number of benzene rings is 1. The molecule has 0 aromatic heterocycles. The summed E-state index contributed by atoms with van der Waals surface area (Å²) in [6.07, 6.45) is 0.898. The standard InChI is InChI=1S/C20H29BF2N2O4/c1-18(2,3)27-17(26)25-11-13(21-28-19(4,5)20(6,7)29-21)8-12-9-14(22)15(23)10-16(12)24/h8-10H,11,24H2,1-7H3,(H,25,26). The quantitative estimate of drug-likeness (QED) is 0.577. The van der Waals surface area contributed by atoms with Crippen LogP contribution in [0, 0.1) is 11.6 Å². The highest BCUT2D eigenvalue weighted by atomic mass is 19.2. The van der Waals surface area contributed by atoms with Crippen LogP contribution in [0.5, 0.6) is 0 Å². The van der Waals surface area contributed by atoms with Gasteiger partial charge >= 0.3 is 13.2 Å². The lowest BCUT2D eigenvalue weighted by Crippen LogP contribution is -2.41. The molecule has 1 amide bonds. The van der Waals surface area contributed by atoms with Crippen molar-refractivity contribution in [3.63, 3.8) is 0 Å². The van der Waals surface area contributed by atoms with Crippen molar-refractivity contribution in [1.29, 1.82) is 0 Å². The molecule has 0 bridgehead atoms. The van der Waals surface area contributed by atoms with E-state index in [0.717, 1.165) is 12.1 Å². The second-order valence-electron chi connectivity index (χ2n) is 9.06. The average molecular weight is 410 g/mol. The van der Waals surface area contributed by atoms with E-state index < -0.39 is 41.6 Å². The molecule has 6 nitrogen and oxygen atoms in total. The van der Waals surface area contributed by atoms with Crippen molar-refractivity contribution in [2.45, 2.75) is 65.3 Å². The van der Waals surface area contributed by atoms with E-state index in [1.807, 2.05) is 27.7 Å². The van der Waals surface area contributed by atoms with E-state index in [0.29, 0.717) is 5.47 Å². The third-order valence-corrected chi connectivity index (χ3v) is 4.86. The van der Waals surface area contributed by atoms with Crippen LogP contribution in [0.4, 0.5) is 19.3 Å². The number of anilines is 1. The first-order chi connectivity index (χ1) is 13.1. The molecule has 0 aliphatic carbocycles. The minimum absolute atomic E-state index is 0.00414. The van der Waals surface area contributed by atoms with E-state index >= 15 is 0 Å². The Labute approximate surface area is 170 Å². The van der Waals surface area contributed by atoms with Crippen LogP contribution >= 0.6 is 0 Å². The number of nitrogens with two attached hydrogens (primary N) is 1. The van der Waals surface area contributed by atoms with Crippen LogP contribution in [0.3, 0.4) is 0 Å². The molecule has 1 saturated heterocycles. The van der Waals surface area contributed by atoms with Crippen molar-refractivity contribution in [2.24, 2.45) is 0 Å². The molecule has 1 aliphatic heterocycles. The molecule has 0 unspecified atom stereocenters. The first-order valence-corrected chi connectivity index (χ1v) is 9.39. The number of carbonyl (C=O) groups excluding carboxylic acids is 1. The Morgan fingerprint density at radius 3 is 2.21 bits per heavy atom. The Bertz CT molecular complexity index is 803. The third-order valence-electron chi connectivity index (χ3n) is 4.86. The molecule has 160 valence electrons. The Kier molecular flexibility index (Phi) is 6.35. The maximum Gasteiger partial charge on any atom is 0.492 e. The van der Waals surface area contributed by atoms with Gasteiger partial charge in [0.25, 0.3) is 0 Å². The van der Waals surface area contributed by atoms with Gasteiger partial charge in [-0.05, 0) is 65.6 Å². The van der Waals surface area contributed by atoms with Crippen molar-refractivity contribution in [3.8, 4) is 0 Å². The van der Waals surface area contributed by atoms with Gasteiger partial charge in [0.2, 0.25) is 0 Å². The number of carbonyl (C=O) groups is 1. The highest BCUT2D eigenvalue weighted by Gasteiger charge is 2.52. The molecule has 0 spiro atoms. The number of hydrogen-bond acceptors (Lipinski definition) is 5. The van der Waals surface area contributed by atoms with Crippen molar-refractivity contribution < 1.29 is 27.6 Å². The molecule has 3 N–H and O–H groups in total. The normalized spacial score (nSPS) is 18.7. The summed E-state index contributed by atoms with van der Waals surface area (Å²) in [5.74, 6) is -2.07. The average Bonchev–Trinajstić information content (AvgIpc) is 2.74. The second kappa shape index (κ2) is 7.95. The molecule has 0 saturated carbocycles. The second-order valence-corrected chi connectivity index (χ2v) is 9.06. The number of alkyl carbamates (subject to hydrolysis) is 1. The van der Waals surface area contributed by atoms with Gasteiger partial charge in [-0.1, -0.05) is 6.08 Å². The Balaban J connectivity index is 2.34. The van der Waals surface area contributed by atoms with E-state index in [-0.39, 0.29) is 17.8 Å². The number of amides is 1. The van der Waals surface area contributed by atoms with E-state index in [2.05, 4.69) is 5.32 Å². The van der Waals surface area contributed by atoms with Crippen LogP contribution < -0.4 is 11.1 Å². The Morgan fingerprint density at radius 2 is 1.69 bits per heavy atom. The summed E-state index contributed by atoms with van der Waals surface area (Å²) in [6, 6.07) is 1.90. The fraction of sp³-hybridized carbons (Fsp3) is 0.550. The zero-order valence-corrected chi connectivity index (χ0v) is 18.0. The maximum atomic E-state index is 13.7. The van der Waals surface area contributed by atoms with E-state index in [1.54, 1.807) is 20.8 Å². The number of ether oxygens (including phenoxy) is 1. The largest absolute Gasteiger partial charge is 0.492 e. The summed E-state index contributed by atoms with van der Waals surface area (Å²) in [6.45, 7) is 12.8. The smallest absolute Gasteiger partial charge is 0.444 e. The van der Waals surface area contributed by atoms with E-state index in [9.17, 15) is 13.6 Å². The van der Waals surface area contributed by atoms with Crippen LogP contribution in [0.1, 0.15) is 54.0 Å². The minimum Gasteiger partial charge on any atom is -0.444 e. The lowest BCUT2D eigenvalue weighted by Gasteiger charge is -2.32. The summed E-state index contributed by atoms with van der Waals surface area (Å²) >= 11 is 0. The fourth-order valence-electron chi connectivity index (χ4n) is 2.59. The maximum absolute atomic E-state index is 13.7. The molecule has 0 radical (unpaired) electrons. The SMILES string of the molecule is CC(C)(C)OC(=O)NCC(=Cc1cc(F)c(F)cc1N)B1OC(C)(C)C(C)(C)O1. The lowest BCUT2D eigenvalue weighted by atomic mass is 9.77. The van der Waals surface area contributed by atoms with Crippen LogP contribution in [0.15, 0.2) is 17.6 Å². The van der Waals surface area contributed by atoms with Crippen LogP contribution in [0.25, 0.3) is 6.08 Å². The third kappa shape index (κ3) is 5.70. The lowest BCUT2D eigenvalue weighted by molar-refractivity contribution is 0.00578. The van der Waals surface area contributed by atoms with Gasteiger partial charge in [-0.15, -0.1) is 0 Å². The van der Waals surface area contributed by atoms with Gasteiger partial charge in [0.15, 0.2) is 11.6 Å². The van der Waals surface area contributed by atoms with Gasteiger partial charge in [0.1, 0.15) is 5.60 Å². The summed E-state index contributed by atoms with van der Waals surface area (Å²) in [7, 11) is -0.817. The number of halogens is 2. The van der Waals surface area contributed by atoms with E-state index in [4.69, 9.17) is 19.8 Å². The molecule has 1 aromatic rings. The summed E-state index contributed by atoms with van der Waals surface area (Å²) in [5.41, 5.74) is 4.71. The molecular weight excluding hydrogens is 381 g/mol. The molecular formula is C20H29BF2N2O4. The molecule has 1 aromatic carbocycles. The van der Waals surface area contributed by atoms with E-state index in [1.165, 1.54) is 6.08 Å². The van der Waals surface area contributed by atoms with Gasteiger partial charge in [-0.2, -0.15) is 0 Å². The highest BCUT2D eigenvalue weighted by molar-refractivity contribution is 6.56. The van der Waals surface area contributed by atoms with Crippen LogP contribution in [-0.2, 0) is 14.0 Å². The summed E-state index contributed by atoms with van der Waals surface area (Å²) < 4.78 is 44.5. The molecule has 9 heteroatoms. The van der Waals surface area contributed by atoms with Gasteiger partial charge < -0.3 is 25.1 Å². The Hall–Kier alpha value is -2.13. The van der Waals surface area contributed by atoms with Crippen LogP contribution in [-0.4, -0.2) is 36.6 Å². The number of hydrogen-bond donors (Lipinski definition) is 2. The summed E-state index contributed by atoms with van der Waals surface area (Å²) in [5, 5.41) is 2.64. The minimum atomic E-state index is -1.04. The zero-order valence-electron chi connectivity index (χ0n) is 18.0. The predicted octanol–water partition coefficient (Wildman–Crippen LogP) is 4.09. The molecule has 2 rings (SSSR count). The van der Waals surface area contributed by atoms with Crippen molar-refractivity contribution >= 4 is 25.0 Å². The Morgan fingerprint density at radius 1 is 1.17 bits per heavy atom. The van der Waals surface area contributed by atoms with Gasteiger partial charge in [0, 0.05) is 18.3 Å². The van der Waals surface area contributed by atoms with Crippen LogP contribution in [0.2, 0.25) is 0 Å². The van der Waals surface area contributed by atoms with Crippen molar-refractivity contribution in [1.82, 2.24) is 5.32 Å². The highest BCUT2D eigenvalue weighted by Crippen LogP contribution is 2.39. The molecule has 29 heavy (non-hydrogen) atoms. The number of nitrogen functional groups attached to an aromatic ring is 1. The topological polar surface area (TPSA) is 82.8 Å². The number of rotatable bonds is 4. The zero-order chi connectivity index (χ0) is 22.2. The fourth-order valence-corrected chi connectivity index (χ4v) is 2.59. The molecule has 1 heterocycles. The molecule has 1 fully saturated rings. The molecule has 1 aliphatic rings. The van der Waals surface area contributed by atoms with Crippen molar-refractivity contribution in [3.05, 3.63) is 34.8 Å². The molecule has 0 atom stereocenters. The van der Waals surface area contributed by atoms with Gasteiger partial charge in [-0.3, -0.25) is 0 Å². The van der Waals surface area contributed by atoms with Gasteiger partial charge in [-0.25, -0.2) is 13.6 Å². The van der Waals surface area contributed by atoms with Gasteiger partial charge in [0.05, 0.1) is 11.2 Å².